The number of likely N-dealkylation sites (N-methyl/N-ethyl adjacent to an activating group) is 1. The fourth-order valence-electron chi connectivity index (χ4n) is 2.24. The van der Waals surface area contributed by atoms with E-state index in [0.29, 0.717) is 18.2 Å². The van der Waals surface area contributed by atoms with E-state index in [2.05, 4.69) is 15.2 Å². The molecule has 0 spiro atoms. The second-order valence-corrected chi connectivity index (χ2v) is 10.0. The van der Waals surface area contributed by atoms with Gasteiger partial charge in [0, 0.05) is 18.4 Å². The highest BCUT2D eigenvalue weighted by Crippen LogP contribution is 2.27. The number of rotatable bonds is 9. The minimum absolute atomic E-state index is 0.0388. The molecule has 1 aromatic carbocycles. The summed E-state index contributed by atoms with van der Waals surface area (Å²) in [5.74, 6) is -0.737. The molecule has 0 saturated carbocycles. The van der Waals surface area contributed by atoms with Crippen LogP contribution in [0.25, 0.3) is 10.6 Å². The van der Waals surface area contributed by atoms with Crippen LogP contribution in [0.2, 0.25) is 0 Å². The van der Waals surface area contributed by atoms with Crippen molar-refractivity contribution in [3.63, 3.8) is 0 Å². The van der Waals surface area contributed by atoms with Gasteiger partial charge in [0.2, 0.25) is 0 Å². The average molecular weight is 506 g/mol. The van der Waals surface area contributed by atoms with Crippen molar-refractivity contribution in [2.24, 2.45) is 10.7 Å². The minimum Gasteiger partial charge on any atom is -0.463 e. The molecule has 0 aliphatic heterocycles. The number of aliphatic imine (C=N–C) groups is 1. The largest absolute Gasteiger partial charge is 0.463 e. The lowest BCUT2D eigenvalue weighted by atomic mass is 10.2. The third kappa shape index (κ3) is 8.22. The topological polar surface area (TPSA) is 128 Å². The summed E-state index contributed by atoms with van der Waals surface area (Å²) in [6.45, 7) is 0.00919. The summed E-state index contributed by atoms with van der Waals surface area (Å²) in [5, 5.41) is 7.97. The number of nitrogens with zero attached hydrogens (tertiary/aromatic N) is 4. The molecular weight excluding hydrogens is 483 g/mol. The molecule has 1 heterocycles. The van der Waals surface area contributed by atoms with Crippen molar-refractivity contribution < 1.29 is 31.1 Å². The fourth-order valence-corrected chi connectivity index (χ4v) is 3.73. The number of sulfone groups is 1. The lowest BCUT2D eigenvalue weighted by molar-refractivity contribution is -0.142. The van der Waals surface area contributed by atoms with Gasteiger partial charge in [-0.15, -0.1) is 10.2 Å². The molecular formula is C19H22F3N5O4S2. The van der Waals surface area contributed by atoms with Crippen LogP contribution in [-0.2, 0) is 19.4 Å². The van der Waals surface area contributed by atoms with Crippen LogP contribution in [0.4, 0.5) is 13.2 Å². The maximum atomic E-state index is 13.0. The number of alkyl halides is 3. The molecule has 0 fully saturated rings. The number of hydrogen-bond donors (Lipinski definition) is 1. The summed E-state index contributed by atoms with van der Waals surface area (Å²) in [5.41, 5.74) is 3.78. The first-order valence-corrected chi connectivity index (χ1v) is 12.0. The van der Waals surface area contributed by atoms with Crippen molar-refractivity contribution in [3.8, 4) is 10.6 Å². The van der Waals surface area contributed by atoms with Gasteiger partial charge in [-0.2, -0.15) is 13.2 Å². The van der Waals surface area contributed by atoms with Crippen molar-refractivity contribution in [3.05, 3.63) is 41.0 Å². The predicted octanol–water partition coefficient (Wildman–Crippen LogP) is 1.91. The fraction of sp³-hybridized carbons (Fsp3) is 0.368. The van der Waals surface area contributed by atoms with Gasteiger partial charge < -0.3 is 15.4 Å². The van der Waals surface area contributed by atoms with Gasteiger partial charge >= 0.3 is 12.1 Å². The Hall–Kier alpha value is -2.84. The summed E-state index contributed by atoms with van der Waals surface area (Å²) in [6, 6.07) is 5.87. The number of allylic oxidation sites excluding steroid dienone is 2. The van der Waals surface area contributed by atoms with Crippen LogP contribution in [0.1, 0.15) is 5.01 Å². The SMILES string of the molecule is CN(C)CCOC(=O)CN=C(C=C(N)C(F)(F)F)c1nnc(-c2cccc(S(C)(=O)=O)c2)s1. The van der Waals surface area contributed by atoms with Crippen molar-refractivity contribution in [2.75, 3.05) is 40.0 Å². The monoisotopic (exact) mass is 505 g/mol. The van der Waals surface area contributed by atoms with Crippen LogP contribution in [0, 0.1) is 0 Å². The van der Waals surface area contributed by atoms with Crippen molar-refractivity contribution in [1.82, 2.24) is 15.1 Å². The Morgan fingerprint density at radius 1 is 1.30 bits per heavy atom. The standard InChI is InChI=1S/C19H22F3N5O4S2/c1-27(2)7-8-31-16(28)11-24-14(10-15(23)19(20,21)22)18-26-25-17(32-18)12-5-4-6-13(9-12)33(3,29)30/h4-6,9-10H,7-8,11,23H2,1-3H3. The molecule has 0 aliphatic rings. The van der Waals surface area contributed by atoms with Crippen LogP contribution < -0.4 is 5.73 Å². The van der Waals surface area contributed by atoms with Crippen LogP contribution in [0.5, 0.6) is 0 Å². The van der Waals surface area contributed by atoms with Gasteiger partial charge in [-0.25, -0.2) is 8.42 Å². The second-order valence-electron chi connectivity index (χ2n) is 7.04. The number of carbonyl (C=O) groups excluding carboxylic acids is 1. The van der Waals surface area contributed by atoms with Crippen LogP contribution >= 0.6 is 11.3 Å². The van der Waals surface area contributed by atoms with Crippen LogP contribution in [-0.4, -0.2) is 81.4 Å². The number of aromatic nitrogens is 2. The lowest BCUT2D eigenvalue weighted by Gasteiger charge is -2.09. The molecule has 2 rings (SSSR count). The molecule has 9 nitrogen and oxygen atoms in total. The summed E-state index contributed by atoms with van der Waals surface area (Å²) in [6.07, 6.45) is -3.21. The Labute approximate surface area is 192 Å². The Bertz CT molecular complexity index is 1160. The maximum Gasteiger partial charge on any atom is 0.430 e. The van der Waals surface area contributed by atoms with Gasteiger partial charge in [-0.3, -0.25) is 9.79 Å². The molecule has 2 N–H and O–H groups in total. The van der Waals surface area contributed by atoms with Crippen molar-refractivity contribution in [1.29, 1.82) is 0 Å². The van der Waals surface area contributed by atoms with Crippen LogP contribution in [0.3, 0.4) is 0 Å². The molecule has 0 atom stereocenters. The zero-order valence-corrected chi connectivity index (χ0v) is 19.6. The number of carbonyl (C=O) groups is 1. The molecule has 0 amide bonds. The van der Waals surface area contributed by atoms with E-state index in [9.17, 15) is 26.4 Å². The first kappa shape index (κ1) is 26.4. The van der Waals surface area contributed by atoms with E-state index in [-0.39, 0.29) is 27.2 Å². The Balaban J connectivity index is 2.35. The predicted molar refractivity (Wildman–Crippen MR) is 118 cm³/mol. The van der Waals surface area contributed by atoms with Gasteiger partial charge in [-0.05, 0) is 32.3 Å². The maximum absolute atomic E-state index is 13.0. The van der Waals surface area contributed by atoms with Gasteiger partial charge in [0.05, 0.1) is 10.6 Å². The van der Waals surface area contributed by atoms with Crippen molar-refractivity contribution in [2.45, 2.75) is 11.1 Å². The Morgan fingerprint density at radius 3 is 2.61 bits per heavy atom. The van der Waals surface area contributed by atoms with E-state index in [1.54, 1.807) is 25.1 Å². The molecule has 14 heteroatoms. The molecule has 1 aromatic heterocycles. The molecule has 180 valence electrons. The number of esters is 1. The van der Waals surface area contributed by atoms with E-state index in [0.717, 1.165) is 17.6 Å². The molecule has 0 radical (unpaired) electrons. The van der Waals surface area contributed by atoms with E-state index in [1.165, 1.54) is 18.2 Å². The highest BCUT2D eigenvalue weighted by Gasteiger charge is 2.32. The normalized spacial score (nSPS) is 13.4. The van der Waals surface area contributed by atoms with Gasteiger partial charge in [0.1, 0.15) is 23.9 Å². The summed E-state index contributed by atoms with van der Waals surface area (Å²) in [4.78, 5) is 17.6. The number of nitrogens with two attached hydrogens (primary N) is 1. The van der Waals surface area contributed by atoms with E-state index < -0.39 is 34.2 Å². The van der Waals surface area contributed by atoms with Crippen molar-refractivity contribution >= 4 is 32.9 Å². The Kier molecular flexibility index (Phi) is 8.69. The van der Waals surface area contributed by atoms with Gasteiger partial charge in [0.25, 0.3) is 0 Å². The highest BCUT2D eigenvalue weighted by atomic mass is 32.2. The molecule has 0 unspecified atom stereocenters. The van der Waals surface area contributed by atoms with Gasteiger partial charge in [-0.1, -0.05) is 23.5 Å². The van der Waals surface area contributed by atoms with Crippen LogP contribution in [0.15, 0.2) is 45.9 Å². The number of ether oxygens (including phenoxy) is 1. The van der Waals surface area contributed by atoms with E-state index in [4.69, 9.17) is 10.5 Å². The van der Waals surface area contributed by atoms with E-state index in [1.807, 2.05) is 0 Å². The molecule has 0 bridgehead atoms. The summed E-state index contributed by atoms with van der Waals surface area (Å²) < 4.78 is 67.4. The molecule has 0 saturated heterocycles. The molecule has 2 aromatic rings. The Morgan fingerprint density at radius 2 is 2.00 bits per heavy atom. The second kappa shape index (κ2) is 10.9. The zero-order valence-electron chi connectivity index (χ0n) is 18.0. The molecule has 33 heavy (non-hydrogen) atoms. The zero-order chi connectivity index (χ0) is 24.8. The first-order valence-electron chi connectivity index (χ1n) is 9.31. The third-order valence-electron chi connectivity index (χ3n) is 3.95. The number of benzene rings is 1. The smallest absolute Gasteiger partial charge is 0.430 e. The third-order valence-corrected chi connectivity index (χ3v) is 6.06. The minimum atomic E-state index is -4.82. The van der Waals surface area contributed by atoms with E-state index >= 15 is 0 Å². The quantitative estimate of drug-likeness (QED) is 0.404. The highest BCUT2D eigenvalue weighted by molar-refractivity contribution is 7.90. The average Bonchev–Trinajstić information content (AvgIpc) is 3.19. The number of halogens is 3. The number of hydrogen-bond acceptors (Lipinski definition) is 10. The molecule has 0 aliphatic carbocycles. The summed E-state index contributed by atoms with van der Waals surface area (Å²) in [7, 11) is 0.0912. The van der Waals surface area contributed by atoms with Gasteiger partial charge in [0.15, 0.2) is 14.8 Å². The first-order chi connectivity index (χ1) is 15.3. The summed E-state index contributed by atoms with van der Waals surface area (Å²) >= 11 is 0.865. The lowest BCUT2D eigenvalue weighted by Crippen LogP contribution is -2.22.